The molecule has 0 saturated heterocycles. The van der Waals surface area contributed by atoms with E-state index in [0.717, 1.165) is 66.7 Å². The third-order valence-corrected chi connectivity index (χ3v) is 10.8. The van der Waals surface area contributed by atoms with Crippen LogP contribution in [0.15, 0.2) is 66.7 Å². The van der Waals surface area contributed by atoms with Crippen LogP contribution in [0.25, 0.3) is 11.1 Å². The van der Waals surface area contributed by atoms with E-state index in [1.54, 1.807) is 0 Å². The molecule has 15 N–H and O–H groups in total. The van der Waals surface area contributed by atoms with Crippen LogP contribution in [0.2, 0.25) is 0 Å². The van der Waals surface area contributed by atoms with E-state index in [9.17, 15) is 86.2 Å². The van der Waals surface area contributed by atoms with Gasteiger partial charge >= 0.3 is 11.9 Å². The smallest absolute Gasteiger partial charge is 0.338 e. The molecule has 0 spiro atoms. The lowest BCUT2D eigenvalue weighted by Gasteiger charge is -2.36. The maximum Gasteiger partial charge on any atom is 0.338 e. The highest BCUT2D eigenvalue weighted by molar-refractivity contribution is 5.92. The Morgan fingerprint density at radius 2 is 0.800 bits per heavy atom. The summed E-state index contributed by atoms with van der Waals surface area (Å²) < 4.78 is 24.0. The van der Waals surface area contributed by atoms with Gasteiger partial charge in [0.25, 0.3) is 0 Å². The van der Waals surface area contributed by atoms with Gasteiger partial charge in [-0.2, -0.15) is 0 Å². The largest absolute Gasteiger partial charge is 0.508 e. The molecule has 65 heavy (non-hydrogen) atoms. The minimum absolute atomic E-state index is 0.0238. The Morgan fingerprint density at radius 1 is 0.415 bits per heavy atom. The topological polar surface area (TPSA) is 375 Å². The molecule has 8 rings (SSSR count). The zero-order valence-corrected chi connectivity index (χ0v) is 32.7. The normalized spacial score (nSPS) is 17.5. The molecular weight excluding hydrogens is 864 g/mol. The Hall–Kier alpha value is -9.14. The van der Waals surface area contributed by atoms with Gasteiger partial charge < -0.3 is 95.5 Å². The monoisotopic (exact) mass is 898 g/mol. The molecule has 2 heterocycles. The number of hydrogen-bond donors (Lipinski definition) is 15. The summed E-state index contributed by atoms with van der Waals surface area (Å²) in [5, 5.41) is 158. The van der Waals surface area contributed by atoms with Crippen molar-refractivity contribution in [2.45, 2.75) is 37.3 Å². The number of phenols is 15. The molecule has 2 aliphatic rings. The van der Waals surface area contributed by atoms with Crippen molar-refractivity contribution in [2.24, 2.45) is 0 Å². The predicted octanol–water partition coefficient (Wildman–Crippen LogP) is 4.74. The van der Waals surface area contributed by atoms with E-state index in [-0.39, 0.29) is 33.8 Å². The first-order valence-corrected chi connectivity index (χ1v) is 18.9. The number of phenolic OH excluding ortho intramolecular Hbond substituents is 15. The summed E-state index contributed by atoms with van der Waals surface area (Å²) in [4.78, 5) is 27.3. The molecular formula is C44H34O21. The zero-order valence-electron chi connectivity index (χ0n) is 32.7. The van der Waals surface area contributed by atoms with Crippen LogP contribution in [-0.2, 0) is 22.3 Å². The first-order chi connectivity index (χ1) is 30.7. The van der Waals surface area contributed by atoms with Crippen LogP contribution in [0.1, 0.15) is 55.2 Å². The fourth-order valence-electron chi connectivity index (χ4n) is 7.70. The third-order valence-electron chi connectivity index (χ3n) is 10.8. The van der Waals surface area contributed by atoms with Gasteiger partial charge in [0.05, 0.1) is 11.1 Å². The van der Waals surface area contributed by atoms with Crippen LogP contribution in [0.5, 0.6) is 97.7 Å². The average molecular weight is 899 g/mol. The molecule has 21 nitrogen and oxygen atoms in total. The van der Waals surface area contributed by atoms with Crippen LogP contribution in [-0.4, -0.2) is 101 Å². The van der Waals surface area contributed by atoms with Crippen molar-refractivity contribution in [3.63, 3.8) is 0 Å². The fraction of sp³-hybridized carbons (Fsp3) is 0.136. The van der Waals surface area contributed by atoms with Crippen molar-refractivity contribution in [1.82, 2.24) is 0 Å². The summed E-state index contributed by atoms with van der Waals surface area (Å²) in [7, 11) is 0. The van der Waals surface area contributed by atoms with Crippen molar-refractivity contribution >= 4 is 11.9 Å². The Morgan fingerprint density at radius 3 is 1.25 bits per heavy atom. The van der Waals surface area contributed by atoms with Crippen molar-refractivity contribution in [3.05, 3.63) is 100 Å². The summed E-state index contributed by atoms with van der Waals surface area (Å²) in [5.41, 5.74) is -2.72. The first kappa shape index (κ1) is 42.5. The Kier molecular flexibility index (Phi) is 10.2. The standard InChI is InChI=1S/C44H34O21/c45-16-5-23(47)20-12-34(64-43(60)14-1-27(51)37(56)28(52)2-14)41(62-32(20)7-16)19-10-26(50)25(49)9-18(19)36-22(11-31(55)39(58)40(36)59)42-35(13-21-24(48)6-17(46)8-33(21)63-42)65-44(61)15-3-29(53)38(57)30(54)4-15/h1-11,34-35,41-42,45-59H,12-13H2/t34-,35-,41+,42+/m1/s1. The van der Waals surface area contributed by atoms with E-state index in [4.69, 9.17) is 18.9 Å². The molecule has 336 valence electrons. The molecule has 0 saturated carbocycles. The second-order valence-corrected chi connectivity index (χ2v) is 15.0. The van der Waals surface area contributed by atoms with Gasteiger partial charge in [0.2, 0.25) is 5.75 Å². The number of carbonyl (C=O) groups is 2. The van der Waals surface area contributed by atoms with Crippen molar-refractivity contribution in [2.75, 3.05) is 0 Å². The molecule has 6 aromatic carbocycles. The quantitative estimate of drug-likeness (QED) is 0.0759. The highest BCUT2D eigenvalue weighted by atomic mass is 16.6. The lowest BCUT2D eigenvalue weighted by molar-refractivity contribution is -0.0196. The van der Waals surface area contributed by atoms with Gasteiger partial charge in [-0.05, 0) is 48.0 Å². The number of ether oxygens (including phenoxy) is 4. The van der Waals surface area contributed by atoms with Gasteiger partial charge in [-0.15, -0.1) is 0 Å². The second kappa shape index (κ2) is 15.6. The Labute approximate surface area is 362 Å². The second-order valence-electron chi connectivity index (χ2n) is 15.0. The van der Waals surface area contributed by atoms with E-state index in [1.165, 1.54) is 0 Å². The van der Waals surface area contributed by atoms with Crippen LogP contribution < -0.4 is 9.47 Å². The minimum Gasteiger partial charge on any atom is -0.508 e. The molecule has 0 bridgehead atoms. The van der Waals surface area contributed by atoms with E-state index >= 15 is 0 Å². The average Bonchev–Trinajstić information content (AvgIpc) is 3.24. The van der Waals surface area contributed by atoms with Crippen LogP contribution in [0, 0.1) is 0 Å². The summed E-state index contributed by atoms with van der Waals surface area (Å²) in [5.74, 6) is -15.6. The maximum absolute atomic E-state index is 13.7. The highest BCUT2D eigenvalue weighted by Gasteiger charge is 2.43. The van der Waals surface area contributed by atoms with Crippen molar-refractivity contribution < 1.29 is 105 Å². The van der Waals surface area contributed by atoms with Gasteiger partial charge in [0.1, 0.15) is 46.7 Å². The van der Waals surface area contributed by atoms with Gasteiger partial charge in [0.15, 0.2) is 69.7 Å². The third kappa shape index (κ3) is 7.51. The SMILES string of the molecule is O=C(O[C@@H]1Cc2c(O)cc(O)cc2O[C@H]1c1cc(O)c(O)cc1-c1c([C@@H]2Oc3cc(O)cc(O)c3C[C@H]2OC(=O)c2cc(O)c(O)c(O)c2)cc(O)c(O)c1O)c1cc(O)c(O)c(O)c1. The van der Waals surface area contributed by atoms with Gasteiger partial charge in [-0.1, -0.05) is 0 Å². The summed E-state index contributed by atoms with van der Waals surface area (Å²) in [6.45, 7) is 0. The maximum atomic E-state index is 13.7. The number of aromatic hydroxyl groups is 15. The fourth-order valence-corrected chi connectivity index (χ4v) is 7.70. The Balaban J connectivity index is 1.32. The molecule has 0 aliphatic carbocycles. The molecule has 0 aromatic heterocycles. The lowest BCUT2D eigenvalue weighted by Crippen LogP contribution is -2.36. The summed E-state index contributed by atoms with van der Waals surface area (Å²) in [6, 6.07) is 9.69. The molecule has 2 aliphatic heterocycles. The molecule has 21 heteroatoms. The van der Waals surface area contributed by atoms with E-state index in [1.807, 2.05) is 0 Å². The molecule has 0 radical (unpaired) electrons. The number of fused-ring (bicyclic) bond motifs is 2. The number of benzene rings is 6. The van der Waals surface area contributed by atoms with Crippen molar-refractivity contribution in [1.29, 1.82) is 0 Å². The number of rotatable bonds is 7. The summed E-state index contributed by atoms with van der Waals surface area (Å²) >= 11 is 0. The number of hydrogen-bond acceptors (Lipinski definition) is 21. The first-order valence-electron chi connectivity index (χ1n) is 18.9. The molecule has 0 fully saturated rings. The number of esters is 2. The lowest BCUT2D eigenvalue weighted by atomic mass is 9.83. The van der Waals surface area contributed by atoms with Crippen molar-refractivity contribution in [3.8, 4) is 109 Å². The summed E-state index contributed by atoms with van der Waals surface area (Å²) in [6.07, 6.45) is -7.62. The predicted molar refractivity (Wildman–Crippen MR) is 215 cm³/mol. The molecule has 4 atom stereocenters. The van der Waals surface area contributed by atoms with Crippen LogP contribution >= 0.6 is 0 Å². The molecule has 0 amide bonds. The zero-order chi connectivity index (χ0) is 46.9. The van der Waals surface area contributed by atoms with Gasteiger partial charge in [-0.25, -0.2) is 9.59 Å². The van der Waals surface area contributed by atoms with Gasteiger partial charge in [-0.3, -0.25) is 0 Å². The van der Waals surface area contributed by atoms with E-state index in [0.29, 0.717) is 0 Å². The highest BCUT2D eigenvalue weighted by Crippen LogP contribution is 2.55. The van der Waals surface area contributed by atoms with E-state index in [2.05, 4.69) is 0 Å². The molecule has 6 aromatic rings. The van der Waals surface area contributed by atoms with E-state index < -0.39 is 158 Å². The van der Waals surface area contributed by atoms with Crippen LogP contribution in [0.4, 0.5) is 0 Å². The molecule has 0 unspecified atom stereocenters. The van der Waals surface area contributed by atoms with Crippen LogP contribution in [0.3, 0.4) is 0 Å². The number of carbonyl (C=O) groups excluding carboxylic acids is 2. The minimum atomic E-state index is -1.76. The van der Waals surface area contributed by atoms with Gasteiger partial charge in [0, 0.05) is 64.9 Å². The Bertz CT molecular complexity index is 2930.